The van der Waals surface area contributed by atoms with Crippen molar-refractivity contribution in [3.63, 3.8) is 0 Å². The van der Waals surface area contributed by atoms with E-state index in [1.54, 1.807) is 12.1 Å². The minimum absolute atomic E-state index is 0.314. The summed E-state index contributed by atoms with van der Waals surface area (Å²) in [7, 11) is 0. The molecule has 0 aliphatic carbocycles. The lowest BCUT2D eigenvalue weighted by Crippen LogP contribution is -2.19. The molecular formula is C12H19NO. The lowest BCUT2D eigenvalue weighted by molar-refractivity contribution is 0.449. The first-order chi connectivity index (χ1) is 6.69. The van der Waals surface area contributed by atoms with Gasteiger partial charge in [0, 0.05) is 0 Å². The Labute approximate surface area is 85.8 Å². The van der Waals surface area contributed by atoms with Crippen molar-refractivity contribution in [1.82, 2.24) is 0 Å². The molecule has 0 radical (unpaired) electrons. The normalized spacial score (nSPS) is 15.1. The standard InChI is InChI=1S/C12H19NO/c1-3-9(2)12(8-13)10-4-6-11(14)7-5-10/h4-7,9,12,14H,3,8,13H2,1-2H3. The molecule has 0 fully saturated rings. The summed E-state index contributed by atoms with van der Waals surface area (Å²) < 4.78 is 0. The van der Waals surface area contributed by atoms with Gasteiger partial charge in [-0.15, -0.1) is 0 Å². The molecule has 0 aromatic heterocycles. The van der Waals surface area contributed by atoms with Crippen LogP contribution in [0, 0.1) is 5.92 Å². The molecule has 2 heteroatoms. The summed E-state index contributed by atoms with van der Waals surface area (Å²) in [6, 6.07) is 7.36. The van der Waals surface area contributed by atoms with Gasteiger partial charge in [0.25, 0.3) is 0 Å². The molecule has 0 bridgehead atoms. The van der Waals surface area contributed by atoms with Gasteiger partial charge in [-0.25, -0.2) is 0 Å². The summed E-state index contributed by atoms with van der Waals surface area (Å²) in [5, 5.41) is 9.18. The van der Waals surface area contributed by atoms with Crippen LogP contribution in [0.5, 0.6) is 5.75 Å². The van der Waals surface area contributed by atoms with Gasteiger partial charge in [-0.2, -0.15) is 0 Å². The number of aromatic hydroxyl groups is 1. The molecule has 2 unspecified atom stereocenters. The van der Waals surface area contributed by atoms with Crippen molar-refractivity contribution in [3.05, 3.63) is 29.8 Å². The number of phenols is 1. The van der Waals surface area contributed by atoms with Crippen LogP contribution in [0.4, 0.5) is 0 Å². The molecule has 0 amide bonds. The molecule has 1 aromatic carbocycles. The van der Waals surface area contributed by atoms with Gasteiger partial charge >= 0.3 is 0 Å². The second kappa shape index (κ2) is 5.01. The Morgan fingerprint density at radius 1 is 1.29 bits per heavy atom. The van der Waals surface area contributed by atoms with E-state index in [2.05, 4.69) is 13.8 Å². The molecule has 0 heterocycles. The molecule has 1 rings (SSSR count). The molecular weight excluding hydrogens is 174 g/mol. The highest BCUT2D eigenvalue weighted by Gasteiger charge is 2.15. The molecule has 0 aliphatic rings. The minimum atomic E-state index is 0.314. The van der Waals surface area contributed by atoms with Gasteiger partial charge in [-0.1, -0.05) is 32.4 Å². The lowest BCUT2D eigenvalue weighted by atomic mass is 9.86. The predicted molar refractivity (Wildman–Crippen MR) is 59.4 cm³/mol. The van der Waals surface area contributed by atoms with E-state index in [1.807, 2.05) is 12.1 Å². The highest BCUT2D eigenvalue weighted by Crippen LogP contribution is 2.26. The Morgan fingerprint density at radius 3 is 2.29 bits per heavy atom. The number of rotatable bonds is 4. The molecule has 0 saturated carbocycles. The average molecular weight is 193 g/mol. The van der Waals surface area contributed by atoms with Gasteiger partial charge in [0.1, 0.15) is 5.75 Å². The van der Waals surface area contributed by atoms with Crippen LogP contribution in [0.1, 0.15) is 31.7 Å². The first-order valence-electron chi connectivity index (χ1n) is 5.18. The average Bonchev–Trinajstić information content (AvgIpc) is 2.21. The van der Waals surface area contributed by atoms with Crippen molar-refractivity contribution < 1.29 is 5.11 Å². The van der Waals surface area contributed by atoms with Crippen LogP contribution < -0.4 is 5.73 Å². The Morgan fingerprint density at radius 2 is 1.86 bits per heavy atom. The number of benzene rings is 1. The van der Waals surface area contributed by atoms with E-state index in [1.165, 1.54) is 5.56 Å². The zero-order chi connectivity index (χ0) is 10.6. The molecule has 14 heavy (non-hydrogen) atoms. The van der Waals surface area contributed by atoms with Gasteiger partial charge in [-0.05, 0) is 36.1 Å². The Kier molecular flexibility index (Phi) is 3.96. The molecule has 2 atom stereocenters. The van der Waals surface area contributed by atoms with E-state index in [-0.39, 0.29) is 0 Å². The van der Waals surface area contributed by atoms with Gasteiger partial charge in [0.15, 0.2) is 0 Å². The third-order valence-corrected chi connectivity index (χ3v) is 2.91. The van der Waals surface area contributed by atoms with Crippen LogP contribution in [0.25, 0.3) is 0 Å². The van der Waals surface area contributed by atoms with Crippen molar-refractivity contribution in [2.75, 3.05) is 6.54 Å². The maximum atomic E-state index is 9.18. The zero-order valence-electron chi connectivity index (χ0n) is 8.90. The second-order valence-electron chi connectivity index (χ2n) is 3.82. The van der Waals surface area contributed by atoms with E-state index in [0.717, 1.165) is 6.42 Å². The first-order valence-corrected chi connectivity index (χ1v) is 5.18. The summed E-state index contributed by atoms with van der Waals surface area (Å²) in [5.41, 5.74) is 6.98. The van der Waals surface area contributed by atoms with Crippen molar-refractivity contribution >= 4 is 0 Å². The summed E-state index contributed by atoms with van der Waals surface area (Å²) >= 11 is 0. The van der Waals surface area contributed by atoms with E-state index in [4.69, 9.17) is 5.73 Å². The fourth-order valence-corrected chi connectivity index (χ4v) is 1.70. The van der Waals surface area contributed by atoms with E-state index in [9.17, 15) is 5.11 Å². The first kappa shape index (κ1) is 11.1. The minimum Gasteiger partial charge on any atom is -0.508 e. The lowest BCUT2D eigenvalue weighted by Gasteiger charge is -2.21. The van der Waals surface area contributed by atoms with Crippen molar-refractivity contribution in [2.45, 2.75) is 26.2 Å². The van der Waals surface area contributed by atoms with E-state index < -0.39 is 0 Å². The molecule has 3 N–H and O–H groups in total. The molecule has 1 aromatic rings. The molecule has 2 nitrogen and oxygen atoms in total. The van der Waals surface area contributed by atoms with E-state index in [0.29, 0.717) is 24.1 Å². The summed E-state index contributed by atoms with van der Waals surface area (Å²) in [6.07, 6.45) is 1.13. The zero-order valence-corrected chi connectivity index (χ0v) is 8.90. The number of nitrogens with two attached hydrogens (primary N) is 1. The quantitative estimate of drug-likeness (QED) is 0.771. The molecule has 0 spiro atoms. The molecule has 78 valence electrons. The van der Waals surface area contributed by atoms with Crippen LogP contribution in [0.2, 0.25) is 0 Å². The summed E-state index contributed by atoms with van der Waals surface area (Å²) in [4.78, 5) is 0. The molecule has 0 saturated heterocycles. The van der Waals surface area contributed by atoms with Crippen molar-refractivity contribution in [1.29, 1.82) is 0 Å². The smallest absolute Gasteiger partial charge is 0.115 e. The van der Waals surface area contributed by atoms with Gasteiger partial charge in [0.2, 0.25) is 0 Å². The van der Waals surface area contributed by atoms with Crippen LogP contribution in [-0.2, 0) is 0 Å². The van der Waals surface area contributed by atoms with Crippen molar-refractivity contribution in [2.24, 2.45) is 11.7 Å². The SMILES string of the molecule is CCC(C)C(CN)c1ccc(O)cc1. The summed E-state index contributed by atoms with van der Waals surface area (Å²) in [6.45, 7) is 5.05. The maximum absolute atomic E-state index is 9.18. The predicted octanol–water partition coefficient (Wildman–Crippen LogP) is 2.48. The number of phenolic OH excluding ortho intramolecular Hbond substituents is 1. The number of hydrogen-bond acceptors (Lipinski definition) is 2. The fraction of sp³-hybridized carbons (Fsp3) is 0.500. The Balaban J connectivity index is 2.84. The van der Waals surface area contributed by atoms with Gasteiger partial charge in [-0.3, -0.25) is 0 Å². The highest BCUT2D eigenvalue weighted by atomic mass is 16.3. The molecule has 0 aliphatic heterocycles. The topological polar surface area (TPSA) is 46.2 Å². The van der Waals surface area contributed by atoms with Crippen LogP contribution >= 0.6 is 0 Å². The van der Waals surface area contributed by atoms with Gasteiger partial charge < -0.3 is 10.8 Å². The third kappa shape index (κ3) is 2.48. The largest absolute Gasteiger partial charge is 0.508 e. The van der Waals surface area contributed by atoms with Crippen LogP contribution in [-0.4, -0.2) is 11.7 Å². The van der Waals surface area contributed by atoms with Crippen LogP contribution in [0.3, 0.4) is 0 Å². The Hall–Kier alpha value is -1.02. The fourth-order valence-electron chi connectivity index (χ4n) is 1.70. The summed E-state index contributed by atoms with van der Waals surface area (Å²) in [5.74, 6) is 1.30. The third-order valence-electron chi connectivity index (χ3n) is 2.91. The number of hydrogen-bond donors (Lipinski definition) is 2. The monoisotopic (exact) mass is 193 g/mol. The van der Waals surface area contributed by atoms with E-state index >= 15 is 0 Å². The Bertz CT molecular complexity index is 268. The van der Waals surface area contributed by atoms with Crippen LogP contribution in [0.15, 0.2) is 24.3 Å². The highest BCUT2D eigenvalue weighted by molar-refractivity contribution is 5.28. The van der Waals surface area contributed by atoms with Crippen molar-refractivity contribution in [3.8, 4) is 5.75 Å². The second-order valence-corrected chi connectivity index (χ2v) is 3.82. The van der Waals surface area contributed by atoms with Gasteiger partial charge in [0.05, 0.1) is 0 Å². The maximum Gasteiger partial charge on any atom is 0.115 e.